The van der Waals surface area contributed by atoms with E-state index < -0.39 is 11.6 Å². The van der Waals surface area contributed by atoms with Crippen LogP contribution in [0.2, 0.25) is 0 Å². The molecule has 2 aliphatic rings. The number of carbonyl (C=O) groups is 1. The van der Waals surface area contributed by atoms with E-state index in [1.54, 1.807) is 0 Å². The summed E-state index contributed by atoms with van der Waals surface area (Å²) in [6.07, 6.45) is 3.65. The maximum atomic E-state index is 11.5. The highest BCUT2D eigenvalue weighted by molar-refractivity contribution is 5.73. The quantitative estimate of drug-likeness (QED) is 0.773. The number of aliphatic carboxylic acids is 1. The van der Waals surface area contributed by atoms with Crippen LogP contribution < -0.4 is 0 Å². The Morgan fingerprint density at radius 2 is 2.11 bits per heavy atom. The summed E-state index contributed by atoms with van der Waals surface area (Å²) in [6.45, 7) is 12.5. The van der Waals surface area contributed by atoms with E-state index in [1.165, 1.54) is 5.57 Å². The van der Waals surface area contributed by atoms with Gasteiger partial charge in [0.15, 0.2) is 0 Å². The molecule has 0 unspecified atom stereocenters. The summed E-state index contributed by atoms with van der Waals surface area (Å²) in [5, 5.41) is 9.46. The van der Waals surface area contributed by atoms with Crippen LogP contribution in [0.3, 0.4) is 0 Å². The van der Waals surface area contributed by atoms with Gasteiger partial charge in [-0.05, 0) is 45.4 Å². The molecule has 2 bridgehead atoms. The molecule has 0 radical (unpaired) electrons. The van der Waals surface area contributed by atoms with Crippen LogP contribution >= 0.6 is 0 Å². The van der Waals surface area contributed by atoms with E-state index in [-0.39, 0.29) is 17.4 Å². The molecule has 1 saturated carbocycles. The highest BCUT2D eigenvalue weighted by atomic mass is 16.5. The first-order valence-corrected chi connectivity index (χ1v) is 7.30. The van der Waals surface area contributed by atoms with E-state index in [4.69, 9.17) is 4.74 Å². The van der Waals surface area contributed by atoms with Gasteiger partial charge < -0.3 is 9.84 Å². The van der Waals surface area contributed by atoms with Gasteiger partial charge in [-0.15, -0.1) is 0 Å². The zero-order valence-corrected chi connectivity index (χ0v) is 12.5. The van der Waals surface area contributed by atoms with E-state index in [0.29, 0.717) is 5.92 Å². The lowest BCUT2D eigenvalue weighted by molar-refractivity contribution is -0.150. The minimum absolute atomic E-state index is 0.148. The molecule has 1 heterocycles. The summed E-state index contributed by atoms with van der Waals surface area (Å²) in [5.41, 5.74) is 0.461. The Balaban J connectivity index is 2.10. The standard InChI is InChI=1S/C16H26O3/c1-10(2)11(3)6-8-15(4)12-7-9-16(5,19-15)13(12)14(17)18/h10,12-13H,3,6-9H2,1-2,4-5H3,(H,17,18)/t12-,13+,15+,16-/m1/s1. The fraction of sp³-hybridized carbons (Fsp3) is 0.812. The first-order valence-electron chi connectivity index (χ1n) is 7.30. The number of fused-ring (bicyclic) bond motifs is 2. The lowest BCUT2D eigenvalue weighted by Crippen LogP contribution is -2.38. The number of hydrogen-bond acceptors (Lipinski definition) is 2. The molecule has 2 fully saturated rings. The van der Waals surface area contributed by atoms with Crippen LogP contribution in [0, 0.1) is 17.8 Å². The minimum Gasteiger partial charge on any atom is -0.481 e. The SMILES string of the molecule is C=C(CC[C@]1(C)O[C@]2(C)CC[C@@H]1[C@H]2C(=O)O)C(C)C. The maximum absolute atomic E-state index is 11.5. The molecule has 4 atom stereocenters. The number of carboxylic acids is 1. The molecule has 0 aromatic carbocycles. The Bertz CT molecular complexity index is 401. The van der Waals surface area contributed by atoms with Crippen LogP contribution in [0.4, 0.5) is 0 Å². The average molecular weight is 266 g/mol. The van der Waals surface area contributed by atoms with E-state index in [2.05, 4.69) is 27.4 Å². The minimum atomic E-state index is -0.698. The molecular formula is C16H26O3. The topological polar surface area (TPSA) is 46.5 Å². The molecule has 0 spiro atoms. The van der Waals surface area contributed by atoms with E-state index in [0.717, 1.165) is 25.7 Å². The molecule has 1 aliphatic heterocycles. The third-order valence-electron chi connectivity index (χ3n) is 5.29. The maximum Gasteiger partial charge on any atom is 0.309 e. The molecule has 2 rings (SSSR count). The van der Waals surface area contributed by atoms with Crippen molar-refractivity contribution in [1.29, 1.82) is 0 Å². The van der Waals surface area contributed by atoms with Crippen molar-refractivity contribution in [3.8, 4) is 0 Å². The van der Waals surface area contributed by atoms with Gasteiger partial charge in [0, 0.05) is 5.92 Å². The van der Waals surface area contributed by atoms with Crippen molar-refractivity contribution in [2.24, 2.45) is 17.8 Å². The Morgan fingerprint density at radius 3 is 2.58 bits per heavy atom. The lowest BCUT2D eigenvalue weighted by Gasteiger charge is -2.37. The molecule has 1 aliphatic carbocycles. The Hall–Kier alpha value is -0.830. The predicted octanol–water partition coefficient (Wildman–Crippen LogP) is 3.64. The van der Waals surface area contributed by atoms with Crippen molar-refractivity contribution in [3.05, 3.63) is 12.2 Å². The zero-order chi connectivity index (χ0) is 14.4. The Labute approximate surface area is 116 Å². The largest absolute Gasteiger partial charge is 0.481 e. The van der Waals surface area contributed by atoms with Crippen LogP contribution in [-0.4, -0.2) is 22.3 Å². The molecule has 108 valence electrons. The third kappa shape index (κ3) is 2.33. The summed E-state index contributed by atoms with van der Waals surface area (Å²) in [6, 6.07) is 0. The molecule has 3 heteroatoms. The van der Waals surface area contributed by atoms with Crippen LogP contribution in [0.25, 0.3) is 0 Å². The van der Waals surface area contributed by atoms with Gasteiger partial charge >= 0.3 is 5.97 Å². The summed E-state index contributed by atoms with van der Waals surface area (Å²) in [7, 11) is 0. The van der Waals surface area contributed by atoms with Crippen molar-refractivity contribution in [3.63, 3.8) is 0 Å². The summed E-state index contributed by atoms with van der Waals surface area (Å²) < 4.78 is 6.22. The number of ether oxygens (including phenoxy) is 1. The van der Waals surface area contributed by atoms with Crippen LogP contribution in [0.1, 0.15) is 53.4 Å². The molecule has 0 aromatic rings. The first-order chi connectivity index (χ1) is 8.69. The van der Waals surface area contributed by atoms with E-state index in [9.17, 15) is 9.90 Å². The van der Waals surface area contributed by atoms with Gasteiger partial charge in [0.05, 0.1) is 17.1 Å². The zero-order valence-electron chi connectivity index (χ0n) is 12.5. The number of carboxylic acid groups (broad SMARTS) is 1. The molecule has 3 nitrogen and oxygen atoms in total. The lowest BCUT2D eigenvalue weighted by atomic mass is 9.78. The van der Waals surface area contributed by atoms with Gasteiger partial charge in [-0.25, -0.2) is 0 Å². The van der Waals surface area contributed by atoms with Crippen LogP contribution in [0.15, 0.2) is 12.2 Å². The molecule has 19 heavy (non-hydrogen) atoms. The van der Waals surface area contributed by atoms with E-state index in [1.807, 2.05) is 6.92 Å². The molecule has 1 saturated heterocycles. The number of hydrogen-bond donors (Lipinski definition) is 1. The summed E-state index contributed by atoms with van der Waals surface area (Å²) >= 11 is 0. The van der Waals surface area contributed by atoms with Gasteiger partial charge in [0.1, 0.15) is 0 Å². The monoisotopic (exact) mass is 266 g/mol. The van der Waals surface area contributed by atoms with E-state index >= 15 is 0 Å². The fourth-order valence-electron chi connectivity index (χ4n) is 3.94. The Morgan fingerprint density at radius 1 is 1.47 bits per heavy atom. The van der Waals surface area contributed by atoms with Crippen molar-refractivity contribution < 1.29 is 14.6 Å². The van der Waals surface area contributed by atoms with Crippen molar-refractivity contribution in [2.75, 3.05) is 0 Å². The van der Waals surface area contributed by atoms with Crippen molar-refractivity contribution in [2.45, 2.75) is 64.6 Å². The van der Waals surface area contributed by atoms with Crippen molar-refractivity contribution in [1.82, 2.24) is 0 Å². The van der Waals surface area contributed by atoms with Gasteiger partial charge in [0.25, 0.3) is 0 Å². The molecule has 0 amide bonds. The first kappa shape index (κ1) is 14.6. The van der Waals surface area contributed by atoms with Crippen LogP contribution in [0.5, 0.6) is 0 Å². The van der Waals surface area contributed by atoms with Gasteiger partial charge in [0.2, 0.25) is 0 Å². The fourth-order valence-corrected chi connectivity index (χ4v) is 3.94. The second-order valence-electron chi connectivity index (χ2n) is 7.00. The smallest absolute Gasteiger partial charge is 0.309 e. The summed E-state index contributed by atoms with van der Waals surface area (Å²) in [5.74, 6) is -0.413. The average Bonchev–Trinajstić information content (AvgIpc) is 2.73. The third-order valence-corrected chi connectivity index (χ3v) is 5.29. The van der Waals surface area contributed by atoms with Crippen molar-refractivity contribution >= 4 is 5.97 Å². The number of rotatable bonds is 5. The Kier molecular flexibility index (Phi) is 3.54. The highest BCUT2D eigenvalue weighted by Gasteiger charge is 2.64. The van der Waals surface area contributed by atoms with Gasteiger partial charge in [-0.1, -0.05) is 26.0 Å². The van der Waals surface area contributed by atoms with Gasteiger partial charge in [-0.3, -0.25) is 4.79 Å². The van der Waals surface area contributed by atoms with Gasteiger partial charge in [-0.2, -0.15) is 0 Å². The molecule has 1 N–H and O–H groups in total. The second-order valence-corrected chi connectivity index (χ2v) is 7.00. The molecule has 0 aromatic heterocycles. The summed E-state index contributed by atoms with van der Waals surface area (Å²) in [4.78, 5) is 11.5. The normalized spacial score (nSPS) is 40.9. The predicted molar refractivity (Wildman–Crippen MR) is 75.0 cm³/mol. The second kappa shape index (κ2) is 4.62. The number of allylic oxidation sites excluding steroid dienone is 1. The molecular weight excluding hydrogens is 240 g/mol. The van der Waals surface area contributed by atoms with Crippen LogP contribution in [-0.2, 0) is 9.53 Å². The highest BCUT2D eigenvalue weighted by Crippen LogP contribution is 2.58.